The van der Waals surface area contributed by atoms with Gasteiger partial charge in [-0.15, -0.1) is 0 Å². The third kappa shape index (κ3) is 2.56. The van der Waals surface area contributed by atoms with Crippen LogP contribution in [0.15, 0.2) is 42.5 Å². The highest BCUT2D eigenvalue weighted by molar-refractivity contribution is 5.72. The second-order valence-electron chi connectivity index (χ2n) is 3.99. The van der Waals surface area contributed by atoms with E-state index >= 15 is 0 Å². The normalized spacial score (nSPS) is 10.2. The average molecular weight is 229 g/mol. The van der Waals surface area contributed by atoms with Gasteiger partial charge < -0.3 is 4.74 Å². The van der Waals surface area contributed by atoms with Crippen molar-refractivity contribution in [2.24, 2.45) is 0 Å². The van der Waals surface area contributed by atoms with E-state index in [-0.39, 0.29) is 6.09 Å². The fraction of sp³-hybridized carbons (Fsp3) is 0.214. The number of benzene rings is 1. The van der Waals surface area contributed by atoms with Crippen molar-refractivity contribution >= 4 is 6.09 Å². The molecule has 0 saturated heterocycles. The lowest BCUT2D eigenvalue weighted by molar-refractivity contribution is 0.140. The van der Waals surface area contributed by atoms with Crippen molar-refractivity contribution in [2.45, 2.75) is 20.5 Å². The summed E-state index contributed by atoms with van der Waals surface area (Å²) in [5, 5.41) is 0. The van der Waals surface area contributed by atoms with Crippen molar-refractivity contribution in [1.82, 2.24) is 4.57 Å². The highest BCUT2D eigenvalue weighted by Crippen LogP contribution is 2.09. The zero-order valence-corrected chi connectivity index (χ0v) is 10.0. The second-order valence-corrected chi connectivity index (χ2v) is 3.99. The molecule has 0 spiro atoms. The summed E-state index contributed by atoms with van der Waals surface area (Å²) in [4.78, 5) is 11.9. The monoisotopic (exact) mass is 229 g/mol. The van der Waals surface area contributed by atoms with Crippen LogP contribution >= 0.6 is 0 Å². The molecule has 2 aromatic rings. The van der Waals surface area contributed by atoms with Crippen LogP contribution in [0.3, 0.4) is 0 Å². The van der Waals surface area contributed by atoms with Gasteiger partial charge in [-0.25, -0.2) is 4.79 Å². The van der Waals surface area contributed by atoms with Gasteiger partial charge in [0, 0.05) is 11.4 Å². The van der Waals surface area contributed by atoms with Gasteiger partial charge in [0.15, 0.2) is 0 Å². The van der Waals surface area contributed by atoms with Crippen molar-refractivity contribution in [3.63, 3.8) is 0 Å². The van der Waals surface area contributed by atoms with E-state index in [1.807, 2.05) is 56.3 Å². The molecule has 1 aromatic heterocycles. The minimum absolute atomic E-state index is 0.302. The van der Waals surface area contributed by atoms with E-state index in [1.165, 1.54) is 0 Å². The summed E-state index contributed by atoms with van der Waals surface area (Å²) in [6.07, 6.45) is -0.325. The van der Waals surface area contributed by atoms with Crippen molar-refractivity contribution < 1.29 is 9.53 Å². The number of nitrogens with zero attached hydrogens (tertiary/aromatic N) is 1. The molecule has 0 aliphatic rings. The molecule has 0 amide bonds. The predicted molar refractivity (Wildman–Crippen MR) is 65.9 cm³/mol. The standard InChI is InChI=1S/C14H15NO2/c1-11-8-9-12(2)15(11)14(16)17-10-13-6-4-3-5-7-13/h3-9H,10H2,1-2H3. The first-order valence-electron chi connectivity index (χ1n) is 5.54. The van der Waals surface area contributed by atoms with E-state index in [1.54, 1.807) is 4.57 Å². The van der Waals surface area contributed by atoms with E-state index in [4.69, 9.17) is 4.74 Å². The summed E-state index contributed by atoms with van der Waals surface area (Å²) in [5.41, 5.74) is 2.77. The maximum atomic E-state index is 11.9. The molecule has 0 saturated carbocycles. The lowest BCUT2D eigenvalue weighted by Crippen LogP contribution is -2.16. The Labute approximate surface area is 101 Å². The second kappa shape index (κ2) is 4.87. The number of hydrogen-bond acceptors (Lipinski definition) is 2. The Morgan fingerprint density at radius 2 is 1.65 bits per heavy atom. The van der Waals surface area contributed by atoms with E-state index < -0.39 is 0 Å². The first-order valence-corrected chi connectivity index (χ1v) is 5.54. The first-order chi connectivity index (χ1) is 8.18. The van der Waals surface area contributed by atoms with Gasteiger partial charge in [-0.1, -0.05) is 30.3 Å². The number of hydrogen-bond donors (Lipinski definition) is 0. The Balaban J connectivity index is 2.04. The topological polar surface area (TPSA) is 31.2 Å². The third-order valence-electron chi connectivity index (χ3n) is 2.66. The van der Waals surface area contributed by atoms with Gasteiger partial charge in [0.1, 0.15) is 6.61 Å². The smallest absolute Gasteiger partial charge is 0.418 e. The number of aromatic nitrogens is 1. The van der Waals surface area contributed by atoms with Crippen LogP contribution in [-0.2, 0) is 11.3 Å². The van der Waals surface area contributed by atoms with E-state index in [2.05, 4.69) is 0 Å². The number of ether oxygens (including phenoxy) is 1. The molecule has 0 bridgehead atoms. The molecule has 88 valence electrons. The summed E-state index contributed by atoms with van der Waals surface area (Å²) >= 11 is 0. The Morgan fingerprint density at radius 3 is 2.24 bits per heavy atom. The van der Waals surface area contributed by atoms with Gasteiger partial charge in [-0.05, 0) is 31.5 Å². The van der Waals surface area contributed by atoms with Crippen LogP contribution < -0.4 is 0 Å². The Bertz CT molecular complexity index is 495. The van der Waals surface area contributed by atoms with Crippen LogP contribution in [0.4, 0.5) is 4.79 Å². The molecule has 0 atom stereocenters. The fourth-order valence-corrected chi connectivity index (χ4v) is 1.74. The van der Waals surface area contributed by atoms with Gasteiger partial charge in [0.25, 0.3) is 0 Å². The van der Waals surface area contributed by atoms with Crippen molar-refractivity contribution in [2.75, 3.05) is 0 Å². The summed E-state index contributed by atoms with van der Waals surface area (Å²) in [7, 11) is 0. The van der Waals surface area contributed by atoms with Gasteiger partial charge >= 0.3 is 6.09 Å². The third-order valence-corrected chi connectivity index (χ3v) is 2.66. The quantitative estimate of drug-likeness (QED) is 0.791. The number of rotatable bonds is 2. The molecule has 0 aliphatic heterocycles. The molecule has 0 fully saturated rings. The van der Waals surface area contributed by atoms with Crippen LogP contribution in [0.5, 0.6) is 0 Å². The van der Waals surface area contributed by atoms with Crippen LogP contribution in [0.2, 0.25) is 0 Å². The SMILES string of the molecule is Cc1ccc(C)n1C(=O)OCc1ccccc1. The summed E-state index contributed by atoms with van der Waals surface area (Å²) in [5.74, 6) is 0. The molecule has 3 nitrogen and oxygen atoms in total. The van der Waals surface area contributed by atoms with Gasteiger partial charge in [-0.2, -0.15) is 0 Å². The summed E-state index contributed by atoms with van der Waals surface area (Å²) in [6, 6.07) is 13.5. The van der Waals surface area contributed by atoms with Crippen LogP contribution in [0, 0.1) is 13.8 Å². The number of aryl methyl sites for hydroxylation is 2. The highest BCUT2D eigenvalue weighted by atomic mass is 16.5. The molecular formula is C14H15NO2. The maximum absolute atomic E-state index is 11.9. The zero-order valence-electron chi connectivity index (χ0n) is 10.0. The van der Waals surface area contributed by atoms with E-state index in [0.717, 1.165) is 17.0 Å². The maximum Gasteiger partial charge on any atom is 0.418 e. The molecule has 0 aliphatic carbocycles. The summed E-state index contributed by atoms with van der Waals surface area (Å²) in [6.45, 7) is 4.07. The average Bonchev–Trinajstić information content (AvgIpc) is 2.67. The molecule has 2 rings (SSSR count). The first kappa shape index (κ1) is 11.5. The zero-order chi connectivity index (χ0) is 12.3. The van der Waals surface area contributed by atoms with Crippen molar-refractivity contribution in [3.05, 3.63) is 59.4 Å². The van der Waals surface area contributed by atoms with Crippen molar-refractivity contribution in [1.29, 1.82) is 0 Å². The minimum Gasteiger partial charge on any atom is -0.444 e. The van der Waals surface area contributed by atoms with Crippen LogP contribution in [0.1, 0.15) is 17.0 Å². The highest BCUT2D eigenvalue weighted by Gasteiger charge is 2.11. The van der Waals surface area contributed by atoms with E-state index in [9.17, 15) is 4.79 Å². The van der Waals surface area contributed by atoms with Crippen LogP contribution in [-0.4, -0.2) is 10.7 Å². The molecule has 1 aromatic carbocycles. The van der Waals surface area contributed by atoms with E-state index in [0.29, 0.717) is 6.61 Å². The van der Waals surface area contributed by atoms with Gasteiger partial charge in [0.05, 0.1) is 0 Å². The summed E-state index contributed by atoms with van der Waals surface area (Å²) < 4.78 is 6.83. The molecule has 1 heterocycles. The van der Waals surface area contributed by atoms with Gasteiger partial charge in [-0.3, -0.25) is 4.57 Å². The Morgan fingerprint density at radius 1 is 1.06 bits per heavy atom. The molecule has 0 N–H and O–H groups in total. The Hall–Kier alpha value is -2.03. The predicted octanol–water partition coefficient (Wildman–Crippen LogP) is 3.29. The Kier molecular flexibility index (Phi) is 3.28. The molecule has 3 heteroatoms. The lowest BCUT2D eigenvalue weighted by Gasteiger charge is -2.08. The minimum atomic E-state index is -0.325. The molecular weight excluding hydrogens is 214 g/mol. The fourth-order valence-electron chi connectivity index (χ4n) is 1.74. The van der Waals surface area contributed by atoms with Crippen molar-refractivity contribution in [3.8, 4) is 0 Å². The number of carbonyl (C=O) groups excluding carboxylic acids is 1. The largest absolute Gasteiger partial charge is 0.444 e. The molecule has 17 heavy (non-hydrogen) atoms. The van der Waals surface area contributed by atoms with Gasteiger partial charge in [0.2, 0.25) is 0 Å². The molecule has 0 radical (unpaired) electrons. The van der Waals surface area contributed by atoms with Crippen LogP contribution in [0.25, 0.3) is 0 Å². The molecule has 0 unspecified atom stereocenters. The number of carbonyl (C=O) groups is 1. The lowest BCUT2D eigenvalue weighted by atomic mass is 10.2.